The van der Waals surface area contributed by atoms with Crippen molar-refractivity contribution in [2.24, 2.45) is 5.41 Å². The van der Waals surface area contributed by atoms with Crippen molar-refractivity contribution in [3.05, 3.63) is 11.4 Å². The number of alkyl halides is 1. The second kappa shape index (κ2) is 7.63. The molecule has 0 saturated carbocycles. The predicted molar refractivity (Wildman–Crippen MR) is 80.8 cm³/mol. The van der Waals surface area contributed by atoms with Crippen molar-refractivity contribution in [3.63, 3.8) is 0 Å². The molecule has 1 aromatic rings. The van der Waals surface area contributed by atoms with Gasteiger partial charge in [0, 0.05) is 17.8 Å². The fraction of sp³-hybridized carbons (Fsp3) is 0.786. The third kappa shape index (κ3) is 4.03. The predicted octanol–water partition coefficient (Wildman–Crippen LogP) is 3.45. The molecule has 0 aromatic carbocycles. The number of aromatic nitrogens is 3. The lowest BCUT2D eigenvalue weighted by atomic mass is 9.84. The van der Waals surface area contributed by atoms with Gasteiger partial charge >= 0.3 is 0 Å². The standard InChI is InChI=1S/C14H25ClN4/c1-5-11-12(6-2)18-19-13(17-11)16-10-14(7-3,8-4)9-15/h5-10H2,1-4H3,(H,16,17,19). The van der Waals surface area contributed by atoms with Crippen molar-refractivity contribution >= 4 is 17.5 Å². The number of hydrogen-bond acceptors (Lipinski definition) is 4. The Bertz CT molecular complexity index is 383. The average molecular weight is 285 g/mol. The SMILES string of the molecule is CCc1nnc(NCC(CC)(CC)CCl)nc1CC. The Labute approximate surface area is 121 Å². The van der Waals surface area contributed by atoms with Gasteiger partial charge in [-0.15, -0.1) is 16.7 Å². The van der Waals surface area contributed by atoms with Gasteiger partial charge < -0.3 is 5.32 Å². The summed E-state index contributed by atoms with van der Waals surface area (Å²) in [5, 5.41) is 11.7. The van der Waals surface area contributed by atoms with Gasteiger partial charge in [0.2, 0.25) is 5.95 Å². The monoisotopic (exact) mass is 284 g/mol. The fourth-order valence-corrected chi connectivity index (χ4v) is 2.49. The normalized spacial score (nSPS) is 11.6. The van der Waals surface area contributed by atoms with Crippen LogP contribution in [0.2, 0.25) is 0 Å². The lowest BCUT2D eigenvalue weighted by molar-refractivity contribution is 0.326. The molecule has 0 spiro atoms. The van der Waals surface area contributed by atoms with Crippen molar-refractivity contribution in [2.75, 3.05) is 17.7 Å². The van der Waals surface area contributed by atoms with E-state index in [0.29, 0.717) is 11.8 Å². The number of halogens is 1. The molecule has 0 aliphatic heterocycles. The van der Waals surface area contributed by atoms with Gasteiger partial charge in [0.25, 0.3) is 0 Å². The summed E-state index contributed by atoms with van der Waals surface area (Å²) in [6, 6.07) is 0. The molecule has 0 aliphatic rings. The number of hydrogen-bond donors (Lipinski definition) is 1. The minimum Gasteiger partial charge on any atom is -0.352 e. The maximum absolute atomic E-state index is 6.10. The molecule has 1 aromatic heterocycles. The zero-order valence-corrected chi connectivity index (χ0v) is 13.2. The molecule has 0 saturated heterocycles. The number of anilines is 1. The summed E-state index contributed by atoms with van der Waals surface area (Å²) in [5.41, 5.74) is 2.13. The molecular formula is C14H25ClN4. The molecule has 0 fully saturated rings. The van der Waals surface area contributed by atoms with E-state index in [9.17, 15) is 0 Å². The smallest absolute Gasteiger partial charge is 0.242 e. The van der Waals surface area contributed by atoms with Gasteiger partial charge in [0.15, 0.2) is 0 Å². The molecular weight excluding hydrogens is 260 g/mol. The van der Waals surface area contributed by atoms with Gasteiger partial charge in [-0.05, 0) is 25.7 Å². The van der Waals surface area contributed by atoms with Crippen molar-refractivity contribution < 1.29 is 0 Å². The Morgan fingerprint density at radius 3 is 2.11 bits per heavy atom. The average Bonchev–Trinajstić information content (AvgIpc) is 2.49. The summed E-state index contributed by atoms with van der Waals surface area (Å²) < 4.78 is 0. The van der Waals surface area contributed by atoms with E-state index in [2.05, 4.69) is 48.2 Å². The molecule has 1 heterocycles. The Balaban J connectivity index is 2.77. The fourth-order valence-electron chi connectivity index (χ4n) is 2.02. The van der Waals surface area contributed by atoms with Gasteiger partial charge in [-0.1, -0.05) is 27.7 Å². The third-order valence-electron chi connectivity index (χ3n) is 3.91. The largest absolute Gasteiger partial charge is 0.352 e. The molecule has 0 radical (unpaired) electrons. The van der Waals surface area contributed by atoms with Gasteiger partial charge in [-0.2, -0.15) is 5.10 Å². The quantitative estimate of drug-likeness (QED) is 0.743. The van der Waals surface area contributed by atoms with Crippen LogP contribution in [-0.4, -0.2) is 27.6 Å². The first-order chi connectivity index (χ1) is 9.14. The van der Waals surface area contributed by atoms with Crippen LogP contribution in [-0.2, 0) is 12.8 Å². The van der Waals surface area contributed by atoms with Crippen molar-refractivity contribution in [2.45, 2.75) is 53.4 Å². The lowest BCUT2D eigenvalue weighted by Gasteiger charge is -2.29. The minimum absolute atomic E-state index is 0.112. The minimum atomic E-state index is 0.112. The molecule has 0 aliphatic carbocycles. The van der Waals surface area contributed by atoms with Gasteiger partial charge in [-0.25, -0.2) is 4.98 Å². The van der Waals surface area contributed by atoms with E-state index < -0.39 is 0 Å². The van der Waals surface area contributed by atoms with Gasteiger partial charge in [0.05, 0.1) is 11.4 Å². The highest BCUT2D eigenvalue weighted by Gasteiger charge is 2.25. The summed E-state index contributed by atoms with van der Waals surface area (Å²) in [6.45, 7) is 9.30. The van der Waals surface area contributed by atoms with Crippen LogP contribution in [0.4, 0.5) is 5.95 Å². The van der Waals surface area contributed by atoms with Crippen LogP contribution in [0.5, 0.6) is 0 Å². The highest BCUT2D eigenvalue weighted by Crippen LogP contribution is 2.27. The number of nitrogens with zero attached hydrogens (tertiary/aromatic N) is 3. The van der Waals surface area contributed by atoms with Crippen LogP contribution in [0.3, 0.4) is 0 Å². The highest BCUT2D eigenvalue weighted by molar-refractivity contribution is 6.18. The lowest BCUT2D eigenvalue weighted by Crippen LogP contribution is -2.31. The first-order valence-corrected chi connectivity index (χ1v) is 7.70. The van der Waals surface area contributed by atoms with Crippen LogP contribution in [0.25, 0.3) is 0 Å². The van der Waals surface area contributed by atoms with E-state index in [4.69, 9.17) is 11.6 Å². The first-order valence-electron chi connectivity index (χ1n) is 7.16. The molecule has 4 nitrogen and oxygen atoms in total. The topological polar surface area (TPSA) is 50.7 Å². The van der Waals surface area contributed by atoms with Crippen LogP contribution in [0.1, 0.15) is 51.9 Å². The summed E-state index contributed by atoms with van der Waals surface area (Å²) in [5.74, 6) is 1.26. The van der Waals surface area contributed by atoms with Crippen molar-refractivity contribution in [1.29, 1.82) is 0 Å². The van der Waals surface area contributed by atoms with Crippen LogP contribution in [0, 0.1) is 5.41 Å². The van der Waals surface area contributed by atoms with Crippen molar-refractivity contribution in [3.8, 4) is 0 Å². The van der Waals surface area contributed by atoms with Crippen LogP contribution < -0.4 is 5.32 Å². The van der Waals surface area contributed by atoms with Gasteiger partial charge in [0.1, 0.15) is 0 Å². The second-order valence-electron chi connectivity index (χ2n) is 4.93. The molecule has 0 amide bonds. The molecule has 1 rings (SSSR count). The van der Waals surface area contributed by atoms with E-state index in [1.165, 1.54) is 0 Å². The molecule has 108 valence electrons. The summed E-state index contributed by atoms with van der Waals surface area (Å²) in [7, 11) is 0. The number of aryl methyl sites for hydroxylation is 2. The number of rotatable bonds is 8. The Hall–Kier alpha value is -0.900. The maximum Gasteiger partial charge on any atom is 0.242 e. The third-order valence-corrected chi connectivity index (χ3v) is 4.48. The van der Waals surface area contributed by atoms with E-state index >= 15 is 0 Å². The molecule has 0 atom stereocenters. The maximum atomic E-state index is 6.10. The Morgan fingerprint density at radius 1 is 1.00 bits per heavy atom. The zero-order valence-electron chi connectivity index (χ0n) is 12.5. The second-order valence-corrected chi connectivity index (χ2v) is 5.20. The van der Waals surface area contributed by atoms with Crippen LogP contribution >= 0.6 is 11.6 Å². The summed E-state index contributed by atoms with van der Waals surface area (Å²) >= 11 is 6.10. The molecule has 19 heavy (non-hydrogen) atoms. The Morgan fingerprint density at radius 2 is 1.63 bits per heavy atom. The van der Waals surface area contributed by atoms with Crippen molar-refractivity contribution in [1.82, 2.24) is 15.2 Å². The first kappa shape index (κ1) is 16.2. The molecule has 5 heteroatoms. The summed E-state index contributed by atoms with van der Waals surface area (Å²) in [6.07, 6.45) is 3.84. The van der Waals surface area contributed by atoms with Gasteiger partial charge in [-0.3, -0.25) is 0 Å². The molecule has 0 bridgehead atoms. The van der Waals surface area contributed by atoms with E-state index in [1.807, 2.05) is 0 Å². The van der Waals surface area contributed by atoms with E-state index in [0.717, 1.165) is 43.6 Å². The highest BCUT2D eigenvalue weighted by atomic mass is 35.5. The Kier molecular flexibility index (Phi) is 6.49. The molecule has 1 N–H and O–H groups in total. The molecule has 0 unspecified atom stereocenters. The van der Waals surface area contributed by atoms with Crippen LogP contribution in [0.15, 0.2) is 0 Å². The van der Waals surface area contributed by atoms with E-state index in [-0.39, 0.29) is 5.41 Å². The van der Waals surface area contributed by atoms with E-state index in [1.54, 1.807) is 0 Å². The summed E-state index contributed by atoms with van der Waals surface area (Å²) in [4.78, 5) is 4.54. The zero-order chi connectivity index (χ0) is 14.3. The number of nitrogens with one attached hydrogen (secondary N) is 1.